The monoisotopic (exact) mass is 536 g/mol. The van der Waals surface area contributed by atoms with Gasteiger partial charge in [0.05, 0.1) is 24.1 Å². The van der Waals surface area contributed by atoms with Gasteiger partial charge in [-0.25, -0.2) is 14.4 Å². The maximum Gasteiger partial charge on any atom is 2.00 e. The number of carbonyl (C=O) groups is 5. The van der Waals surface area contributed by atoms with Crippen LogP contribution in [0.3, 0.4) is 0 Å². The fourth-order valence-corrected chi connectivity index (χ4v) is 1.52. The Kier molecular flexibility index (Phi) is 32.8. The summed E-state index contributed by atoms with van der Waals surface area (Å²) in [6.07, 6.45) is -7.27. The third kappa shape index (κ3) is 28.3. The van der Waals surface area contributed by atoms with E-state index in [1.54, 1.807) is 0 Å². The van der Waals surface area contributed by atoms with Crippen LogP contribution in [0.15, 0.2) is 0 Å². The molecule has 5 atom stereocenters. The Morgan fingerprint density at radius 2 is 0.706 bits per heavy atom. The summed E-state index contributed by atoms with van der Waals surface area (Å²) in [5.41, 5.74) is 0. The Balaban J connectivity index is -0.000000109. The summed E-state index contributed by atoms with van der Waals surface area (Å²) >= 11 is 0. The second-order valence-corrected chi connectivity index (χ2v) is 6.47. The fraction of sp³-hybridized carbons (Fsp3) is 0.667. The molecule has 0 aromatic heterocycles. The SMILES string of the molecule is C[C@H](O)C(=O)OP(OC(=O)[C@H](C)O)OC(=O)[C@H](C)O.C[C@H](O)C(=O)[O-].C[C@H](O)C(=O)[O-].O.O.[Mg+2]. The topological polar surface area (TPSA) is 323 Å². The largest absolute Gasteiger partial charge is 2.00 e. The zero-order valence-electron chi connectivity index (χ0n) is 18.9. The van der Waals surface area contributed by atoms with Crippen LogP contribution in [0.1, 0.15) is 34.6 Å². The van der Waals surface area contributed by atoms with Gasteiger partial charge in [-0.15, -0.1) is 0 Å². The minimum atomic E-state index is -2.80. The molecule has 0 heterocycles. The van der Waals surface area contributed by atoms with Gasteiger partial charge >= 0.3 is 49.6 Å². The van der Waals surface area contributed by atoms with Crippen LogP contribution in [0.25, 0.3) is 0 Å². The first-order valence-corrected chi connectivity index (χ1v) is 9.31. The van der Waals surface area contributed by atoms with Crippen LogP contribution in [0.5, 0.6) is 0 Å². The van der Waals surface area contributed by atoms with Crippen molar-refractivity contribution in [2.24, 2.45) is 0 Å². The summed E-state index contributed by atoms with van der Waals surface area (Å²) in [4.78, 5) is 52.0. The van der Waals surface area contributed by atoms with Crippen LogP contribution in [-0.4, -0.2) is 120 Å². The third-order valence-corrected chi connectivity index (χ3v) is 3.19. The molecule has 0 spiro atoms. The van der Waals surface area contributed by atoms with Gasteiger partial charge in [-0.3, -0.25) is 0 Å². The molecular weight excluding hydrogens is 507 g/mol. The number of carboxylic acid groups (broad SMARTS) is 2. The Hall–Kier alpha value is -1.73. The Bertz CT molecular complexity index is 523. The number of aliphatic hydroxyl groups excluding tert-OH is 5. The minimum Gasteiger partial charge on any atom is -0.547 e. The Morgan fingerprint density at radius 1 is 0.559 bits per heavy atom. The van der Waals surface area contributed by atoms with Crippen LogP contribution < -0.4 is 10.2 Å². The molecule has 19 heteroatoms. The number of aliphatic hydroxyl groups is 5. The van der Waals surface area contributed by atoms with E-state index in [0.717, 1.165) is 34.6 Å². The van der Waals surface area contributed by atoms with Gasteiger partial charge in [0, 0.05) is 0 Å². The molecule has 0 bridgehead atoms. The summed E-state index contributed by atoms with van der Waals surface area (Å²) in [7, 11) is -2.80. The number of hydrogen-bond acceptors (Lipinski definition) is 15. The van der Waals surface area contributed by atoms with E-state index in [-0.39, 0.29) is 34.0 Å². The van der Waals surface area contributed by atoms with Crippen LogP contribution in [0, 0.1) is 0 Å². The molecule has 34 heavy (non-hydrogen) atoms. The van der Waals surface area contributed by atoms with Gasteiger partial charge < -0.3 is 69.9 Å². The average molecular weight is 537 g/mol. The predicted molar refractivity (Wildman–Crippen MR) is 107 cm³/mol. The second-order valence-electron chi connectivity index (χ2n) is 5.47. The van der Waals surface area contributed by atoms with Gasteiger partial charge in [0.2, 0.25) is 0 Å². The van der Waals surface area contributed by atoms with Crippen molar-refractivity contribution in [2.75, 3.05) is 0 Å². The van der Waals surface area contributed by atoms with Crippen molar-refractivity contribution < 1.29 is 84.2 Å². The molecule has 0 saturated carbocycles. The van der Waals surface area contributed by atoms with Crippen molar-refractivity contribution in [3.63, 3.8) is 0 Å². The first-order valence-electron chi connectivity index (χ1n) is 8.21. The van der Waals surface area contributed by atoms with E-state index in [1.165, 1.54) is 0 Å². The van der Waals surface area contributed by atoms with Crippen molar-refractivity contribution in [1.82, 2.24) is 0 Å². The molecule has 0 aromatic carbocycles. The van der Waals surface area contributed by atoms with E-state index >= 15 is 0 Å². The number of aliphatic carboxylic acids is 2. The molecule has 0 radical (unpaired) electrons. The quantitative estimate of drug-likeness (QED) is 0.142. The molecular formula is C15H29MgO17P. The van der Waals surface area contributed by atoms with Crippen molar-refractivity contribution in [3.05, 3.63) is 0 Å². The third-order valence-electron chi connectivity index (χ3n) is 2.20. The van der Waals surface area contributed by atoms with Gasteiger partial charge in [-0.05, 0) is 34.6 Å². The van der Waals surface area contributed by atoms with Gasteiger partial charge in [-0.1, -0.05) is 0 Å². The molecule has 17 nitrogen and oxygen atoms in total. The van der Waals surface area contributed by atoms with Gasteiger partial charge in [-0.2, -0.15) is 0 Å². The van der Waals surface area contributed by atoms with Crippen molar-refractivity contribution in [2.45, 2.75) is 65.1 Å². The van der Waals surface area contributed by atoms with E-state index in [9.17, 15) is 34.2 Å². The Morgan fingerprint density at radius 3 is 0.794 bits per heavy atom. The van der Waals surface area contributed by atoms with Crippen LogP contribution in [-0.2, 0) is 37.5 Å². The van der Waals surface area contributed by atoms with Crippen LogP contribution >= 0.6 is 8.60 Å². The first-order chi connectivity index (χ1) is 13.9. The summed E-state index contributed by atoms with van der Waals surface area (Å²) < 4.78 is 13.3. The van der Waals surface area contributed by atoms with E-state index in [1.807, 2.05) is 0 Å². The van der Waals surface area contributed by atoms with E-state index in [0.29, 0.717) is 0 Å². The maximum absolute atomic E-state index is 11.1. The van der Waals surface area contributed by atoms with Crippen molar-refractivity contribution in [1.29, 1.82) is 0 Å². The van der Waals surface area contributed by atoms with E-state index in [4.69, 9.17) is 25.5 Å². The summed E-state index contributed by atoms with van der Waals surface area (Å²) in [6, 6.07) is 0. The number of carbonyl (C=O) groups excluding carboxylic acids is 5. The van der Waals surface area contributed by atoms with Crippen LogP contribution in [0.4, 0.5) is 0 Å². The van der Waals surface area contributed by atoms with Crippen LogP contribution in [0.2, 0.25) is 0 Å². The van der Waals surface area contributed by atoms with Crippen molar-refractivity contribution in [3.8, 4) is 0 Å². The number of rotatable bonds is 8. The molecule has 0 saturated heterocycles. The molecule has 0 aliphatic rings. The molecule has 0 aliphatic carbocycles. The standard InChI is InChI=1S/C9H15O9P.2C3H6O3.Mg.2H2O/c1-4(10)7(13)16-19(17-8(14)5(2)11)18-9(15)6(3)12;2*1-2(4)3(5)6;;;/h4-6,10-12H,1-3H3;2*2,4H,1H3,(H,5,6);;2*1H2/q;;;+2;;/p-2/t4-,5-,6-;2*2-;;;/m000.../s1. The zero-order chi connectivity index (χ0) is 25.5. The summed E-state index contributed by atoms with van der Waals surface area (Å²) in [5.74, 6) is -6.45. The maximum atomic E-state index is 11.1. The average Bonchev–Trinajstić information content (AvgIpc) is 2.61. The number of hydrogen-bond donors (Lipinski definition) is 5. The zero-order valence-corrected chi connectivity index (χ0v) is 21.2. The molecule has 9 N–H and O–H groups in total. The molecule has 0 unspecified atom stereocenters. The predicted octanol–water partition coefficient (Wildman–Crippen LogP) is -6.81. The molecule has 0 amide bonds. The second kappa shape index (κ2) is 24.4. The molecule has 0 aliphatic heterocycles. The molecule has 0 aromatic rings. The fourth-order valence-electron chi connectivity index (χ4n) is 0.505. The minimum absolute atomic E-state index is 0. The summed E-state index contributed by atoms with van der Waals surface area (Å²) in [6.45, 7) is 5.53. The smallest absolute Gasteiger partial charge is 0.547 e. The normalized spacial score (nSPS) is 13.4. The molecule has 0 rings (SSSR count). The number of carboxylic acids is 2. The summed E-state index contributed by atoms with van der Waals surface area (Å²) in [5, 5.41) is 61.3. The molecule has 198 valence electrons. The van der Waals surface area contributed by atoms with Gasteiger partial charge in [0.15, 0.2) is 0 Å². The molecule has 0 fully saturated rings. The van der Waals surface area contributed by atoms with E-state index < -0.39 is 69.0 Å². The van der Waals surface area contributed by atoms with Crippen molar-refractivity contribution >= 4 is 61.5 Å². The van der Waals surface area contributed by atoms with Gasteiger partial charge in [0.25, 0.3) is 0 Å². The van der Waals surface area contributed by atoms with E-state index in [2.05, 4.69) is 13.6 Å². The first kappa shape index (κ1) is 45.7. The van der Waals surface area contributed by atoms with Gasteiger partial charge in [0.1, 0.15) is 18.3 Å². The Labute approximate surface area is 211 Å².